The molecule has 0 saturated heterocycles. The molecule has 0 unspecified atom stereocenters. The molecule has 9 nitrogen and oxygen atoms in total. The zero-order valence-electron chi connectivity index (χ0n) is 16.2. The third-order valence-corrected chi connectivity index (χ3v) is 5.21. The van der Waals surface area contributed by atoms with Gasteiger partial charge in [-0.1, -0.05) is 17.7 Å². The van der Waals surface area contributed by atoms with Gasteiger partial charge in [0.2, 0.25) is 0 Å². The second kappa shape index (κ2) is 11.8. The number of hydrogen-bond acceptors (Lipinski definition) is 8. The van der Waals surface area contributed by atoms with Crippen LogP contribution in [-0.4, -0.2) is 77.9 Å². The summed E-state index contributed by atoms with van der Waals surface area (Å²) in [6, 6.07) is 6.41. The van der Waals surface area contributed by atoms with E-state index in [2.05, 4.69) is 0 Å². The van der Waals surface area contributed by atoms with Crippen molar-refractivity contribution < 1.29 is 36.4 Å². The Hall–Kier alpha value is -2.11. The minimum absolute atomic E-state index is 0.0812. The smallest absolute Gasteiger partial charge is 0.297 e. The number of amides is 2. The molecule has 10 heteroatoms. The van der Waals surface area contributed by atoms with Crippen LogP contribution < -0.4 is 0 Å². The quantitative estimate of drug-likeness (QED) is 0.242. The number of carbonyl (C=O) groups excluding carboxylic acids is 2. The van der Waals surface area contributed by atoms with Gasteiger partial charge < -0.3 is 14.2 Å². The first-order chi connectivity index (χ1) is 13.9. The average Bonchev–Trinajstić information content (AvgIpc) is 3.01. The van der Waals surface area contributed by atoms with Crippen LogP contribution in [0.5, 0.6) is 0 Å². The van der Waals surface area contributed by atoms with Crippen molar-refractivity contribution in [2.75, 3.05) is 52.8 Å². The molecule has 0 radical (unpaired) electrons. The highest BCUT2D eigenvalue weighted by Gasteiger charge is 2.22. The molecule has 0 aromatic heterocycles. The van der Waals surface area contributed by atoms with Crippen LogP contribution >= 0.6 is 0 Å². The van der Waals surface area contributed by atoms with Gasteiger partial charge in [-0.2, -0.15) is 8.42 Å². The molecular weight excluding hydrogens is 402 g/mol. The largest absolute Gasteiger partial charge is 0.377 e. The SMILES string of the molecule is Cc1ccc(S(=O)(=O)OCCOCCOCCOCCN2C(=O)C=CC2=O)cc1. The minimum Gasteiger partial charge on any atom is -0.377 e. The Labute approximate surface area is 170 Å². The molecule has 1 aliphatic rings. The molecule has 2 rings (SSSR count). The summed E-state index contributed by atoms with van der Waals surface area (Å²) in [6.45, 7) is 3.63. The standard InChI is InChI=1S/C19H25NO8S/c1-16-2-4-17(5-3-16)29(23,24)28-15-14-27-13-12-26-11-10-25-9-8-20-18(21)6-7-19(20)22/h2-7H,8-15H2,1H3. The van der Waals surface area contributed by atoms with Crippen molar-refractivity contribution in [3.8, 4) is 0 Å². The molecule has 2 amide bonds. The highest BCUT2D eigenvalue weighted by molar-refractivity contribution is 7.86. The number of nitrogens with zero attached hydrogens (tertiary/aromatic N) is 1. The summed E-state index contributed by atoms with van der Waals surface area (Å²) in [4.78, 5) is 23.9. The van der Waals surface area contributed by atoms with Gasteiger partial charge in [0, 0.05) is 12.2 Å². The van der Waals surface area contributed by atoms with Gasteiger partial charge in [0.1, 0.15) is 0 Å². The fourth-order valence-electron chi connectivity index (χ4n) is 2.32. The van der Waals surface area contributed by atoms with E-state index >= 15 is 0 Å². The normalized spacial score (nSPS) is 14.2. The number of imide groups is 1. The monoisotopic (exact) mass is 427 g/mol. The number of carbonyl (C=O) groups is 2. The summed E-state index contributed by atoms with van der Waals surface area (Å²) in [5.41, 5.74) is 0.965. The number of hydrogen-bond donors (Lipinski definition) is 0. The van der Waals surface area contributed by atoms with Gasteiger partial charge in [0.05, 0.1) is 57.7 Å². The van der Waals surface area contributed by atoms with E-state index in [9.17, 15) is 18.0 Å². The molecule has 1 heterocycles. The van der Waals surface area contributed by atoms with Crippen LogP contribution in [0, 0.1) is 6.92 Å². The van der Waals surface area contributed by atoms with Gasteiger partial charge >= 0.3 is 0 Å². The molecule has 0 bridgehead atoms. The fourth-order valence-corrected chi connectivity index (χ4v) is 3.22. The molecule has 0 aliphatic carbocycles. The van der Waals surface area contributed by atoms with E-state index in [1.54, 1.807) is 12.1 Å². The highest BCUT2D eigenvalue weighted by Crippen LogP contribution is 2.12. The van der Waals surface area contributed by atoms with Crippen LogP contribution in [0.3, 0.4) is 0 Å². The van der Waals surface area contributed by atoms with E-state index in [1.165, 1.54) is 24.3 Å². The van der Waals surface area contributed by atoms with Crippen molar-refractivity contribution in [3.63, 3.8) is 0 Å². The Morgan fingerprint density at radius 1 is 0.759 bits per heavy atom. The van der Waals surface area contributed by atoms with E-state index in [4.69, 9.17) is 18.4 Å². The second-order valence-corrected chi connectivity index (χ2v) is 7.70. The molecule has 1 aromatic rings. The first kappa shape index (κ1) is 23.2. The van der Waals surface area contributed by atoms with E-state index in [-0.39, 0.29) is 49.7 Å². The Kier molecular flexibility index (Phi) is 9.42. The predicted octanol–water partition coefficient (Wildman–Crippen LogP) is 0.675. The number of ether oxygens (including phenoxy) is 3. The molecular formula is C19H25NO8S. The Morgan fingerprint density at radius 2 is 1.24 bits per heavy atom. The Balaban J connectivity index is 1.42. The van der Waals surface area contributed by atoms with Crippen LogP contribution in [-0.2, 0) is 38.1 Å². The van der Waals surface area contributed by atoms with Gasteiger partial charge in [-0.3, -0.25) is 18.7 Å². The molecule has 1 aromatic carbocycles. The van der Waals surface area contributed by atoms with Crippen molar-refractivity contribution in [1.82, 2.24) is 4.90 Å². The Morgan fingerprint density at radius 3 is 1.79 bits per heavy atom. The third kappa shape index (κ3) is 8.03. The van der Waals surface area contributed by atoms with E-state index < -0.39 is 10.1 Å². The molecule has 0 fully saturated rings. The maximum absolute atomic E-state index is 12.0. The van der Waals surface area contributed by atoms with Crippen molar-refractivity contribution in [2.24, 2.45) is 0 Å². The summed E-state index contributed by atoms with van der Waals surface area (Å²) in [5, 5.41) is 0. The topological polar surface area (TPSA) is 108 Å². The van der Waals surface area contributed by atoms with Gasteiger partial charge in [-0.15, -0.1) is 0 Å². The molecule has 0 saturated carbocycles. The third-order valence-electron chi connectivity index (χ3n) is 3.88. The summed E-state index contributed by atoms with van der Waals surface area (Å²) in [7, 11) is -3.78. The summed E-state index contributed by atoms with van der Waals surface area (Å²) >= 11 is 0. The van der Waals surface area contributed by atoms with Crippen LogP contribution in [0.25, 0.3) is 0 Å². The summed E-state index contributed by atoms with van der Waals surface area (Å²) < 4.78 is 44.7. The fraction of sp³-hybridized carbons (Fsp3) is 0.474. The van der Waals surface area contributed by atoms with Crippen LogP contribution in [0.1, 0.15) is 5.56 Å². The highest BCUT2D eigenvalue weighted by atomic mass is 32.2. The number of rotatable bonds is 14. The van der Waals surface area contributed by atoms with Gasteiger partial charge in [-0.25, -0.2) is 0 Å². The van der Waals surface area contributed by atoms with Crippen molar-refractivity contribution in [2.45, 2.75) is 11.8 Å². The maximum atomic E-state index is 12.0. The lowest BCUT2D eigenvalue weighted by atomic mass is 10.2. The zero-order valence-corrected chi connectivity index (χ0v) is 17.1. The summed E-state index contributed by atoms with van der Waals surface area (Å²) in [6.07, 6.45) is 2.46. The van der Waals surface area contributed by atoms with E-state index in [1.807, 2.05) is 6.92 Å². The lowest BCUT2D eigenvalue weighted by Crippen LogP contribution is -2.33. The second-order valence-electron chi connectivity index (χ2n) is 6.09. The molecule has 1 aliphatic heterocycles. The molecule has 160 valence electrons. The van der Waals surface area contributed by atoms with E-state index in [0.29, 0.717) is 19.8 Å². The molecule has 0 N–H and O–H groups in total. The lowest BCUT2D eigenvalue weighted by molar-refractivity contribution is -0.137. The Bertz CT molecular complexity index is 786. The van der Waals surface area contributed by atoms with E-state index in [0.717, 1.165) is 10.5 Å². The minimum atomic E-state index is -3.78. The lowest BCUT2D eigenvalue weighted by Gasteiger charge is -2.13. The maximum Gasteiger partial charge on any atom is 0.297 e. The first-order valence-electron chi connectivity index (χ1n) is 9.13. The van der Waals surface area contributed by atoms with Gasteiger partial charge in [0.15, 0.2) is 0 Å². The first-order valence-corrected chi connectivity index (χ1v) is 10.5. The summed E-state index contributed by atoms with van der Waals surface area (Å²) in [5.74, 6) is -0.662. The van der Waals surface area contributed by atoms with Crippen molar-refractivity contribution >= 4 is 21.9 Å². The molecule has 0 atom stereocenters. The van der Waals surface area contributed by atoms with Gasteiger partial charge in [-0.05, 0) is 19.1 Å². The number of aryl methyl sites for hydroxylation is 1. The van der Waals surface area contributed by atoms with Crippen molar-refractivity contribution in [3.05, 3.63) is 42.0 Å². The van der Waals surface area contributed by atoms with Crippen LogP contribution in [0.15, 0.2) is 41.3 Å². The van der Waals surface area contributed by atoms with Crippen LogP contribution in [0.4, 0.5) is 0 Å². The molecule has 29 heavy (non-hydrogen) atoms. The predicted molar refractivity (Wildman–Crippen MR) is 103 cm³/mol. The number of benzene rings is 1. The average molecular weight is 427 g/mol. The molecule has 0 spiro atoms. The van der Waals surface area contributed by atoms with Crippen molar-refractivity contribution in [1.29, 1.82) is 0 Å². The van der Waals surface area contributed by atoms with Crippen LogP contribution in [0.2, 0.25) is 0 Å². The van der Waals surface area contributed by atoms with Gasteiger partial charge in [0.25, 0.3) is 21.9 Å². The zero-order chi connectivity index (χ0) is 21.1.